The maximum atomic E-state index is 5.42. The Morgan fingerprint density at radius 3 is 1.33 bits per heavy atom. The minimum Gasteiger partial charge on any atom is -0.354 e. The third-order valence-corrected chi connectivity index (χ3v) is 9.90. The van der Waals surface area contributed by atoms with Gasteiger partial charge in [-0.25, -0.2) is 0 Å². The Hall–Kier alpha value is 0.274. The third kappa shape index (κ3) is 3.65. The van der Waals surface area contributed by atoms with Crippen molar-refractivity contribution in [2.24, 2.45) is 0 Å². The Morgan fingerprint density at radius 2 is 1.13 bits per heavy atom. The van der Waals surface area contributed by atoms with Crippen molar-refractivity contribution < 1.29 is 14.2 Å². The third-order valence-electron chi connectivity index (χ3n) is 2.26. The molecule has 0 aliphatic heterocycles. The van der Waals surface area contributed by atoms with Crippen LogP contribution in [-0.2, 0) is 14.2 Å². The summed E-state index contributed by atoms with van der Waals surface area (Å²) >= 11 is 0. The first kappa shape index (κ1) is 15.3. The predicted molar refractivity (Wildman–Crippen MR) is 67.7 cm³/mol. The molecule has 0 aromatic carbocycles. The normalized spacial score (nSPS) is 14.4. The Labute approximate surface area is 95.5 Å². The molecule has 0 amide bonds. The summed E-state index contributed by atoms with van der Waals surface area (Å²) in [6.07, 6.45) is 0. The van der Waals surface area contributed by atoms with E-state index < -0.39 is 22.1 Å². The molecule has 0 saturated carbocycles. The fourth-order valence-corrected chi connectivity index (χ4v) is 11.7. The van der Waals surface area contributed by atoms with Gasteiger partial charge >= 0.3 is 0 Å². The molecular weight excluding hydrogens is 226 g/mol. The average molecular weight is 251 g/mol. The topological polar surface area (TPSA) is 39.7 Å². The predicted octanol–water partition coefficient (Wildman–Crippen LogP) is 1.75. The van der Waals surface area contributed by atoms with Crippen molar-refractivity contribution in [3.05, 3.63) is 0 Å². The van der Waals surface area contributed by atoms with Crippen LogP contribution in [0.15, 0.2) is 0 Å². The largest absolute Gasteiger partial charge is 0.354 e. The molecule has 0 radical (unpaired) electrons. The number of ether oxygens (including phenoxy) is 3. The van der Waals surface area contributed by atoms with E-state index in [-0.39, 0.29) is 0 Å². The van der Waals surface area contributed by atoms with Gasteiger partial charge in [-0.2, -0.15) is 0 Å². The molecule has 0 fully saturated rings. The molecule has 1 N–H and O–H groups in total. The quantitative estimate of drug-likeness (QED) is 0.577. The summed E-state index contributed by atoms with van der Waals surface area (Å²) < 4.78 is 20.0. The van der Waals surface area contributed by atoms with Crippen LogP contribution in [0.5, 0.6) is 0 Å². The monoisotopic (exact) mass is 251 g/mol. The van der Waals surface area contributed by atoms with Crippen molar-refractivity contribution in [1.82, 2.24) is 4.65 Å². The van der Waals surface area contributed by atoms with Crippen molar-refractivity contribution in [1.29, 1.82) is 0 Å². The maximum Gasteiger partial charge on any atom is 0.271 e. The zero-order valence-corrected chi connectivity index (χ0v) is 13.2. The second kappa shape index (κ2) is 5.07. The Bertz CT molecular complexity index is 192. The van der Waals surface area contributed by atoms with Gasteiger partial charge in [0.2, 0.25) is 8.24 Å². The van der Waals surface area contributed by atoms with E-state index in [4.69, 9.17) is 14.2 Å². The first-order valence-corrected chi connectivity index (χ1v) is 11.6. The van der Waals surface area contributed by atoms with Crippen molar-refractivity contribution in [3.63, 3.8) is 0 Å². The van der Waals surface area contributed by atoms with Crippen LogP contribution < -0.4 is 4.65 Å². The van der Waals surface area contributed by atoms with E-state index in [1.807, 2.05) is 0 Å². The number of hydrogen-bond acceptors (Lipinski definition) is 4. The SMILES string of the molecule is COC(OC)(OC)[Si](C)(C)N[Si](C)(C)C. The molecule has 0 aromatic heterocycles. The molecule has 0 atom stereocenters. The summed E-state index contributed by atoms with van der Waals surface area (Å²) in [5.74, 6) is 0. The zero-order chi connectivity index (χ0) is 12.3. The highest BCUT2D eigenvalue weighted by molar-refractivity contribution is 6.91. The van der Waals surface area contributed by atoms with Crippen LogP contribution in [-0.4, -0.2) is 43.4 Å². The molecule has 0 heterocycles. The lowest BCUT2D eigenvalue weighted by molar-refractivity contribution is -0.301. The molecule has 0 rings (SSSR count). The highest BCUT2D eigenvalue weighted by atomic mass is 28.4. The average Bonchev–Trinajstić information content (AvgIpc) is 2.03. The van der Waals surface area contributed by atoms with Gasteiger partial charge in [0.15, 0.2) is 0 Å². The van der Waals surface area contributed by atoms with Gasteiger partial charge in [-0.05, 0) is 13.1 Å². The molecule has 4 nitrogen and oxygen atoms in total. The van der Waals surface area contributed by atoms with Crippen molar-refractivity contribution in [2.45, 2.75) is 38.3 Å². The minimum atomic E-state index is -1.97. The van der Waals surface area contributed by atoms with Gasteiger partial charge in [-0.15, -0.1) is 0 Å². The molecule has 0 aromatic rings. The van der Waals surface area contributed by atoms with Crippen molar-refractivity contribution in [2.75, 3.05) is 21.3 Å². The summed E-state index contributed by atoms with van der Waals surface area (Å²) in [5, 5.41) is 0. The molecule has 6 heteroatoms. The summed E-state index contributed by atoms with van der Waals surface area (Å²) in [5.41, 5.74) is -0.909. The minimum absolute atomic E-state index is 0.909. The fourth-order valence-electron chi connectivity index (χ4n) is 2.03. The fraction of sp³-hybridized carbons (Fsp3) is 1.00. The van der Waals surface area contributed by atoms with E-state index in [0.717, 1.165) is 0 Å². The summed E-state index contributed by atoms with van der Waals surface area (Å²) in [6, 6.07) is 0. The van der Waals surface area contributed by atoms with Gasteiger partial charge in [-0.3, -0.25) is 0 Å². The van der Waals surface area contributed by atoms with Crippen LogP contribution in [0, 0.1) is 0 Å². The molecular formula is C9H25NO3Si2. The highest BCUT2D eigenvalue weighted by Crippen LogP contribution is 2.25. The molecule has 92 valence electrons. The van der Waals surface area contributed by atoms with Crippen LogP contribution in [0.3, 0.4) is 0 Å². The van der Waals surface area contributed by atoms with E-state index in [9.17, 15) is 0 Å². The first-order valence-electron chi connectivity index (χ1n) is 5.09. The molecule has 0 spiro atoms. The second-order valence-electron chi connectivity index (χ2n) is 5.17. The van der Waals surface area contributed by atoms with Gasteiger partial charge in [-0.1, -0.05) is 19.6 Å². The van der Waals surface area contributed by atoms with Gasteiger partial charge in [0, 0.05) is 21.3 Å². The Morgan fingerprint density at radius 1 is 0.800 bits per heavy atom. The Kier molecular flexibility index (Phi) is 5.16. The lowest BCUT2D eigenvalue weighted by Crippen LogP contribution is -2.71. The molecule has 0 saturated heterocycles. The molecule has 0 bridgehead atoms. The van der Waals surface area contributed by atoms with Crippen molar-refractivity contribution >= 4 is 16.5 Å². The molecule has 0 aliphatic rings. The summed E-state index contributed by atoms with van der Waals surface area (Å²) in [4.78, 5) is 0. The zero-order valence-electron chi connectivity index (χ0n) is 11.2. The molecule has 0 aliphatic carbocycles. The van der Waals surface area contributed by atoms with Crippen molar-refractivity contribution in [3.8, 4) is 0 Å². The smallest absolute Gasteiger partial charge is 0.271 e. The standard InChI is InChI=1S/C9H25NO3Si2/c1-11-9(12-2,13-3)15(7,8)10-14(4,5)6/h10H,1-8H3. The van der Waals surface area contributed by atoms with Crippen LogP contribution >= 0.6 is 0 Å². The Balaban J connectivity index is 4.95. The van der Waals surface area contributed by atoms with Gasteiger partial charge in [0.1, 0.15) is 8.24 Å². The maximum absolute atomic E-state index is 5.42. The van der Waals surface area contributed by atoms with E-state index in [2.05, 4.69) is 37.4 Å². The molecule has 0 unspecified atom stereocenters. The van der Waals surface area contributed by atoms with E-state index in [1.54, 1.807) is 21.3 Å². The van der Waals surface area contributed by atoms with Crippen LogP contribution in [0.25, 0.3) is 0 Å². The van der Waals surface area contributed by atoms with Crippen LogP contribution in [0.4, 0.5) is 0 Å². The lowest BCUT2D eigenvalue weighted by atomic mass is 11.1. The number of methoxy groups -OCH3 is 3. The lowest BCUT2D eigenvalue weighted by Gasteiger charge is -2.44. The van der Waals surface area contributed by atoms with E-state index in [1.165, 1.54) is 0 Å². The highest BCUT2D eigenvalue weighted by Gasteiger charge is 2.51. The van der Waals surface area contributed by atoms with Gasteiger partial charge in [0.25, 0.3) is 5.60 Å². The summed E-state index contributed by atoms with van der Waals surface area (Å²) in [7, 11) is 1.50. The van der Waals surface area contributed by atoms with Crippen LogP contribution in [0.2, 0.25) is 32.7 Å². The number of nitrogens with one attached hydrogen (secondary N) is 1. The number of hydrogen-bond donors (Lipinski definition) is 1. The molecule has 15 heavy (non-hydrogen) atoms. The first-order chi connectivity index (χ1) is 6.64. The van der Waals surface area contributed by atoms with Crippen LogP contribution in [0.1, 0.15) is 0 Å². The second-order valence-corrected chi connectivity index (χ2v) is 14.5. The summed E-state index contributed by atoms with van der Waals surface area (Å²) in [6.45, 7) is 11.1. The van der Waals surface area contributed by atoms with E-state index in [0.29, 0.717) is 0 Å². The van der Waals surface area contributed by atoms with E-state index >= 15 is 0 Å². The van der Waals surface area contributed by atoms with Gasteiger partial charge < -0.3 is 18.9 Å². The van der Waals surface area contributed by atoms with Gasteiger partial charge in [0.05, 0.1) is 0 Å². The number of rotatable bonds is 6.